The maximum atomic E-state index is 10.3. The zero-order valence-electron chi connectivity index (χ0n) is 7.75. The van der Waals surface area contributed by atoms with Crippen LogP contribution in [0.4, 0.5) is 0 Å². The van der Waals surface area contributed by atoms with Crippen molar-refractivity contribution in [3.05, 3.63) is 0 Å². The first-order chi connectivity index (χ1) is 6.27. The second-order valence-electron chi connectivity index (χ2n) is 2.32. The Labute approximate surface area is 83.1 Å². The minimum atomic E-state index is -0.375. The van der Waals surface area contributed by atoms with Crippen molar-refractivity contribution in [1.82, 2.24) is 0 Å². The molecule has 0 aliphatic carbocycles. The lowest BCUT2D eigenvalue weighted by Crippen LogP contribution is -2.09. The van der Waals surface area contributed by atoms with E-state index in [1.54, 1.807) is 7.11 Å². The van der Waals surface area contributed by atoms with Crippen molar-refractivity contribution in [3.8, 4) is 0 Å². The average Bonchev–Trinajstić information content (AvgIpc) is 2.09. The molecule has 0 aromatic rings. The van der Waals surface area contributed by atoms with Crippen molar-refractivity contribution in [2.45, 2.75) is 6.42 Å². The van der Waals surface area contributed by atoms with Crippen molar-refractivity contribution in [3.63, 3.8) is 0 Å². The smallest absolute Gasteiger partial charge is 0.223 e. The van der Waals surface area contributed by atoms with Gasteiger partial charge < -0.3 is 14.2 Å². The zero-order chi connectivity index (χ0) is 9.94. The molecule has 0 aliphatic heterocycles. The van der Waals surface area contributed by atoms with Gasteiger partial charge in [0.05, 0.1) is 33.0 Å². The fraction of sp³-hybridized carbons (Fsp3) is 0.875. The molecule has 78 valence electrons. The normalized spacial score (nSPS) is 10.3. The first-order valence-corrected chi connectivity index (χ1v) is 4.48. The van der Waals surface area contributed by atoms with E-state index in [9.17, 15) is 4.79 Å². The van der Waals surface area contributed by atoms with Crippen LogP contribution in [0.5, 0.6) is 0 Å². The molecule has 0 atom stereocenters. The third kappa shape index (κ3) is 11.8. The number of hydrogen-bond acceptors (Lipinski definition) is 4. The molecular weight excluding hydrogens is 196 g/mol. The Bertz CT molecular complexity index is 129. The summed E-state index contributed by atoms with van der Waals surface area (Å²) in [6, 6.07) is 0. The summed E-state index contributed by atoms with van der Waals surface area (Å²) >= 11 is 5.09. The number of ether oxygens (including phenoxy) is 3. The van der Waals surface area contributed by atoms with Crippen molar-refractivity contribution >= 4 is 16.8 Å². The van der Waals surface area contributed by atoms with E-state index in [1.807, 2.05) is 0 Å². The summed E-state index contributed by atoms with van der Waals surface area (Å²) in [5.74, 6) is 0. The third-order valence-corrected chi connectivity index (χ3v) is 1.44. The maximum absolute atomic E-state index is 10.3. The monoisotopic (exact) mass is 210 g/mol. The summed E-state index contributed by atoms with van der Waals surface area (Å²) in [6.07, 6.45) is 0.250. The van der Waals surface area contributed by atoms with Gasteiger partial charge in [-0.25, -0.2) is 0 Å². The molecule has 0 aromatic heterocycles. The minimum absolute atomic E-state index is 0.250. The molecule has 0 fully saturated rings. The Morgan fingerprint density at radius 1 is 1.08 bits per heavy atom. The standard InChI is InChI=1S/C8H15ClO4/c1-11-4-5-13-7-6-12-3-2-8(9)10/h2-7H2,1H3. The molecule has 0 aromatic carbocycles. The molecule has 0 amide bonds. The van der Waals surface area contributed by atoms with Gasteiger partial charge in [0, 0.05) is 13.5 Å². The van der Waals surface area contributed by atoms with Crippen LogP contribution in [0.1, 0.15) is 6.42 Å². The third-order valence-electron chi connectivity index (χ3n) is 1.25. The lowest BCUT2D eigenvalue weighted by Gasteiger charge is -2.03. The van der Waals surface area contributed by atoms with Crippen LogP contribution in [0.15, 0.2) is 0 Å². The van der Waals surface area contributed by atoms with Crippen LogP contribution < -0.4 is 0 Å². The lowest BCUT2D eigenvalue weighted by molar-refractivity contribution is -0.112. The van der Waals surface area contributed by atoms with Gasteiger partial charge >= 0.3 is 0 Å². The van der Waals surface area contributed by atoms with E-state index in [0.29, 0.717) is 33.0 Å². The molecular formula is C8H15ClO4. The van der Waals surface area contributed by atoms with Gasteiger partial charge in [-0.1, -0.05) is 0 Å². The molecule has 0 N–H and O–H groups in total. The maximum Gasteiger partial charge on any atom is 0.223 e. The van der Waals surface area contributed by atoms with Crippen LogP contribution in [-0.4, -0.2) is 45.4 Å². The Hall–Kier alpha value is -0.160. The summed E-state index contributed by atoms with van der Waals surface area (Å²) in [4.78, 5) is 10.3. The number of hydrogen-bond donors (Lipinski definition) is 0. The Balaban J connectivity index is 2.87. The van der Waals surface area contributed by atoms with Gasteiger partial charge in [0.15, 0.2) is 0 Å². The first kappa shape index (κ1) is 12.8. The van der Waals surface area contributed by atoms with Gasteiger partial charge in [0.2, 0.25) is 5.24 Å². The van der Waals surface area contributed by atoms with Crippen molar-refractivity contribution in [1.29, 1.82) is 0 Å². The largest absolute Gasteiger partial charge is 0.382 e. The van der Waals surface area contributed by atoms with E-state index in [4.69, 9.17) is 25.8 Å². The molecule has 0 saturated carbocycles. The SMILES string of the molecule is COCCOCCOCCC(=O)Cl. The highest BCUT2D eigenvalue weighted by Crippen LogP contribution is 1.89. The quantitative estimate of drug-likeness (QED) is 0.418. The predicted molar refractivity (Wildman–Crippen MR) is 49.0 cm³/mol. The van der Waals surface area contributed by atoms with Crippen LogP contribution in [0, 0.1) is 0 Å². The van der Waals surface area contributed by atoms with Gasteiger partial charge in [0.1, 0.15) is 0 Å². The fourth-order valence-corrected chi connectivity index (χ4v) is 0.694. The molecule has 0 radical (unpaired) electrons. The second-order valence-corrected chi connectivity index (χ2v) is 2.74. The van der Waals surface area contributed by atoms with E-state index >= 15 is 0 Å². The Morgan fingerprint density at radius 3 is 2.15 bits per heavy atom. The molecule has 13 heavy (non-hydrogen) atoms. The van der Waals surface area contributed by atoms with Crippen molar-refractivity contribution < 1.29 is 19.0 Å². The van der Waals surface area contributed by atoms with E-state index in [-0.39, 0.29) is 11.7 Å². The molecule has 0 saturated heterocycles. The van der Waals surface area contributed by atoms with Crippen LogP contribution in [0.25, 0.3) is 0 Å². The fourth-order valence-electron chi connectivity index (χ4n) is 0.617. The lowest BCUT2D eigenvalue weighted by atomic mass is 10.5. The van der Waals surface area contributed by atoms with Crippen LogP contribution in [0.2, 0.25) is 0 Å². The molecule has 0 rings (SSSR count). The highest BCUT2D eigenvalue weighted by Gasteiger charge is 1.95. The van der Waals surface area contributed by atoms with E-state index in [1.165, 1.54) is 0 Å². The molecule has 0 spiro atoms. The summed E-state index contributed by atoms with van der Waals surface area (Å²) in [6.45, 7) is 2.50. The highest BCUT2D eigenvalue weighted by molar-refractivity contribution is 6.63. The number of rotatable bonds is 9. The topological polar surface area (TPSA) is 44.8 Å². The van der Waals surface area contributed by atoms with Crippen LogP contribution in [0.3, 0.4) is 0 Å². The van der Waals surface area contributed by atoms with Crippen molar-refractivity contribution in [2.75, 3.05) is 40.1 Å². The van der Waals surface area contributed by atoms with Crippen molar-refractivity contribution in [2.24, 2.45) is 0 Å². The average molecular weight is 211 g/mol. The Kier molecular flexibility index (Phi) is 9.80. The van der Waals surface area contributed by atoms with Crippen LogP contribution >= 0.6 is 11.6 Å². The van der Waals surface area contributed by atoms with Gasteiger partial charge in [-0.2, -0.15) is 0 Å². The number of methoxy groups -OCH3 is 1. The zero-order valence-corrected chi connectivity index (χ0v) is 8.51. The number of carbonyl (C=O) groups is 1. The van der Waals surface area contributed by atoms with E-state index < -0.39 is 0 Å². The first-order valence-electron chi connectivity index (χ1n) is 4.10. The molecule has 0 bridgehead atoms. The molecule has 5 heteroatoms. The highest BCUT2D eigenvalue weighted by atomic mass is 35.5. The van der Waals surface area contributed by atoms with Gasteiger partial charge in [-0.05, 0) is 11.6 Å². The summed E-state index contributed by atoms with van der Waals surface area (Å²) in [5, 5.41) is -0.375. The predicted octanol–water partition coefficient (Wildman–Crippen LogP) is 0.822. The summed E-state index contributed by atoms with van der Waals surface area (Å²) in [7, 11) is 1.62. The molecule has 0 heterocycles. The summed E-state index contributed by atoms with van der Waals surface area (Å²) in [5.41, 5.74) is 0. The molecule has 0 unspecified atom stereocenters. The minimum Gasteiger partial charge on any atom is -0.382 e. The van der Waals surface area contributed by atoms with Gasteiger partial charge in [-0.15, -0.1) is 0 Å². The number of halogens is 1. The molecule has 4 nitrogen and oxygen atoms in total. The van der Waals surface area contributed by atoms with E-state index in [2.05, 4.69) is 0 Å². The number of carbonyl (C=O) groups excluding carboxylic acids is 1. The second kappa shape index (κ2) is 9.92. The molecule has 0 aliphatic rings. The van der Waals surface area contributed by atoms with E-state index in [0.717, 1.165) is 0 Å². The van der Waals surface area contributed by atoms with Crippen LogP contribution in [-0.2, 0) is 19.0 Å². The summed E-state index contributed by atoms with van der Waals surface area (Å²) < 4.78 is 14.9. The van der Waals surface area contributed by atoms with Gasteiger partial charge in [0.25, 0.3) is 0 Å². The Morgan fingerprint density at radius 2 is 1.62 bits per heavy atom. The van der Waals surface area contributed by atoms with Gasteiger partial charge in [-0.3, -0.25) is 4.79 Å².